The summed E-state index contributed by atoms with van der Waals surface area (Å²) >= 11 is 2.41. The summed E-state index contributed by atoms with van der Waals surface area (Å²) in [4.78, 5) is 0. The van der Waals surface area contributed by atoms with Crippen molar-refractivity contribution < 1.29 is 0 Å². The van der Waals surface area contributed by atoms with E-state index in [1.165, 1.54) is 37.9 Å². The van der Waals surface area contributed by atoms with Gasteiger partial charge in [0.1, 0.15) is 7.22 Å². The molecule has 0 unspecified atom stereocenters. The zero-order valence-corrected chi connectivity index (χ0v) is 11.1. The number of unbranched alkanes of at least 4 members (excludes halogenated alkanes) is 2. The molecule has 1 aliphatic rings. The fourth-order valence-corrected chi connectivity index (χ4v) is 11.6. The van der Waals surface area contributed by atoms with E-state index in [1.54, 1.807) is 18.1 Å². The van der Waals surface area contributed by atoms with Crippen LogP contribution in [0.25, 0.3) is 0 Å². The summed E-state index contributed by atoms with van der Waals surface area (Å²) < 4.78 is 0. The van der Waals surface area contributed by atoms with Gasteiger partial charge in [-0.25, -0.2) is 0 Å². The average Bonchev–Trinajstić information content (AvgIpc) is 2.61. The molecule has 0 aromatic heterocycles. The van der Waals surface area contributed by atoms with E-state index in [0.29, 0.717) is 0 Å². The molecule has 0 aromatic carbocycles. The minimum atomic E-state index is -0.758. The summed E-state index contributed by atoms with van der Waals surface area (Å²) in [6, 6.07) is 4.88. The first-order chi connectivity index (χ1) is 6.33. The minimum Gasteiger partial charge on any atom is -0.185 e. The van der Waals surface area contributed by atoms with Crippen LogP contribution in [0.1, 0.15) is 46.0 Å². The maximum absolute atomic E-state index is 2.41. The topological polar surface area (TPSA) is 0 Å². The van der Waals surface area contributed by atoms with Crippen molar-refractivity contribution in [1.29, 1.82) is 0 Å². The Kier molecular flexibility index (Phi) is 5.49. The van der Waals surface area contributed by atoms with Crippen LogP contribution in [-0.4, -0.2) is 13.0 Å². The lowest BCUT2D eigenvalue weighted by Gasteiger charge is -2.25. The Bertz CT molecular complexity index is 120. The Morgan fingerprint density at radius 3 is 2.08 bits per heavy atom. The molecule has 0 radical (unpaired) electrons. The van der Waals surface area contributed by atoms with Gasteiger partial charge in [0.2, 0.25) is 0 Å². The second-order valence-electron chi connectivity index (χ2n) is 4.34. The molecule has 1 heterocycles. The zero-order valence-electron chi connectivity index (χ0n) is 9.27. The Labute approximate surface area is 88.5 Å². The molecule has 13 heavy (non-hydrogen) atoms. The molecule has 0 nitrogen and oxygen atoms in total. The third-order valence-electron chi connectivity index (χ3n) is 3.16. The van der Waals surface area contributed by atoms with E-state index in [2.05, 4.69) is 25.1 Å². The molecule has 0 atom stereocenters. The number of hydrogen-bond donors (Lipinski definition) is 0. The Hall–Kier alpha value is 0.567. The fourth-order valence-electron chi connectivity index (χ4n) is 2.27. The molecule has 0 spiro atoms. The molecule has 1 rings (SSSR count). The van der Waals surface area contributed by atoms with Gasteiger partial charge < -0.3 is 0 Å². The normalized spacial score (nSPS) is 20.8. The van der Waals surface area contributed by atoms with Gasteiger partial charge in [-0.1, -0.05) is 39.5 Å². The summed E-state index contributed by atoms with van der Waals surface area (Å²) in [5, 5.41) is 0. The van der Waals surface area contributed by atoms with Crippen LogP contribution in [0.4, 0.5) is 0 Å². The first kappa shape index (κ1) is 11.6. The van der Waals surface area contributed by atoms with Gasteiger partial charge in [-0.3, -0.25) is 0 Å². The van der Waals surface area contributed by atoms with Crippen LogP contribution in [0.2, 0.25) is 18.1 Å². The van der Waals surface area contributed by atoms with Crippen molar-refractivity contribution in [3.63, 3.8) is 0 Å². The van der Waals surface area contributed by atoms with Crippen LogP contribution < -0.4 is 0 Å². The van der Waals surface area contributed by atoms with Crippen molar-refractivity contribution in [2.75, 3.05) is 5.75 Å². The molecule has 1 fully saturated rings. The monoisotopic (exact) mass is 216 g/mol. The van der Waals surface area contributed by atoms with E-state index >= 15 is 0 Å². The zero-order chi connectivity index (χ0) is 9.57. The molecule has 0 aromatic rings. The van der Waals surface area contributed by atoms with E-state index in [9.17, 15) is 0 Å². The highest BCUT2D eigenvalue weighted by atomic mass is 32.4. The quantitative estimate of drug-likeness (QED) is 0.582. The van der Waals surface area contributed by atoms with Crippen molar-refractivity contribution in [2.45, 2.75) is 64.1 Å². The standard InChI is InChI=1S/C11H24SSi/c1-3-5-9-13(10-6-4-2)11-7-8-12-13/h3-11H2,1-2H3. The molecule has 0 saturated carbocycles. The summed E-state index contributed by atoms with van der Waals surface area (Å²) in [6.45, 7) is 4.67. The smallest absolute Gasteiger partial charge is 0.117 e. The van der Waals surface area contributed by atoms with E-state index < -0.39 is 7.22 Å². The minimum absolute atomic E-state index is 0.758. The first-order valence-corrected chi connectivity index (χ1v) is 10.3. The Morgan fingerprint density at radius 1 is 1.08 bits per heavy atom. The Morgan fingerprint density at radius 2 is 1.69 bits per heavy atom. The van der Waals surface area contributed by atoms with E-state index in [0.717, 1.165) is 0 Å². The second-order valence-corrected chi connectivity index (χ2v) is 12.4. The van der Waals surface area contributed by atoms with Gasteiger partial charge >= 0.3 is 0 Å². The highest BCUT2D eigenvalue weighted by Gasteiger charge is 2.35. The summed E-state index contributed by atoms with van der Waals surface area (Å²) in [5.41, 5.74) is 0. The second kappa shape index (κ2) is 6.13. The average molecular weight is 216 g/mol. The van der Waals surface area contributed by atoms with Gasteiger partial charge in [0.15, 0.2) is 0 Å². The van der Waals surface area contributed by atoms with Gasteiger partial charge in [-0.05, 0) is 30.3 Å². The number of rotatable bonds is 6. The predicted octanol–water partition coefficient (Wildman–Crippen LogP) is 4.67. The SMILES string of the molecule is CCCC[Si]1(CCCC)CCCS1. The molecule has 78 valence electrons. The lowest BCUT2D eigenvalue weighted by atomic mass is 10.4. The van der Waals surface area contributed by atoms with Crippen LogP contribution in [0.15, 0.2) is 0 Å². The Balaban J connectivity index is 2.33. The van der Waals surface area contributed by atoms with E-state index in [1.807, 2.05) is 0 Å². The third-order valence-corrected chi connectivity index (χ3v) is 12.3. The molecule has 2 heteroatoms. The van der Waals surface area contributed by atoms with Crippen LogP contribution in [0.5, 0.6) is 0 Å². The largest absolute Gasteiger partial charge is 0.185 e. The third kappa shape index (κ3) is 3.67. The van der Waals surface area contributed by atoms with Gasteiger partial charge in [0, 0.05) is 0 Å². The molecule has 0 N–H and O–H groups in total. The van der Waals surface area contributed by atoms with E-state index in [-0.39, 0.29) is 0 Å². The lowest BCUT2D eigenvalue weighted by molar-refractivity contribution is 0.831. The van der Waals surface area contributed by atoms with Crippen molar-refractivity contribution in [3.8, 4) is 0 Å². The highest BCUT2D eigenvalue weighted by Crippen LogP contribution is 2.43. The summed E-state index contributed by atoms with van der Waals surface area (Å²) in [5.74, 6) is 1.49. The molecule has 0 aliphatic carbocycles. The van der Waals surface area contributed by atoms with Crippen LogP contribution in [0, 0.1) is 0 Å². The predicted molar refractivity (Wildman–Crippen MR) is 67.1 cm³/mol. The molecular formula is C11H24SSi. The van der Waals surface area contributed by atoms with Crippen molar-refractivity contribution >= 4 is 18.4 Å². The first-order valence-electron chi connectivity index (χ1n) is 5.97. The van der Waals surface area contributed by atoms with Gasteiger partial charge in [-0.2, -0.15) is 11.2 Å². The fraction of sp³-hybridized carbons (Fsp3) is 1.00. The summed E-state index contributed by atoms with van der Waals surface area (Å²) in [6.07, 6.45) is 7.35. The van der Waals surface area contributed by atoms with E-state index in [4.69, 9.17) is 0 Å². The van der Waals surface area contributed by atoms with Gasteiger partial charge in [0.05, 0.1) is 0 Å². The highest BCUT2D eigenvalue weighted by molar-refractivity contribution is 8.29. The van der Waals surface area contributed by atoms with Crippen molar-refractivity contribution in [1.82, 2.24) is 0 Å². The molecule has 1 aliphatic heterocycles. The van der Waals surface area contributed by atoms with Crippen LogP contribution in [0.3, 0.4) is 0 Å². The van der Waals surface area contributed by atoms with Crippen LogP contribution in [-0.2, 0) is 0 Å². The maximum atomic E-state index is 2.41. The van der Waals surface area contributed by atoms with Gasteiger partial charge in [-0.15, -0.1) is 0 Å². The van der Waals surface area contributed by atoms with Crippen molar-refractivity contribution in [3.05, 3.63) is 0 Å². The van der Waals surface area contributed by atoms with Crippen LogP contribution >= 0.6 is 11.2 Å². The molecule has 1 saturated heterocycles. The van der Waals surface area contributed by atoms with Gasteiger partial charge in [0.25, 0.3) is 0 Å². The summed E-state index contributed by atoms with van der Waals surface area (Å²) in [7, 11) is -0.758. The van der Waals surface area contributed by atoms with Crippen molar-refractivity contribution in [2.24, 2.45) is 0 Å². The molecule has 0 bridgehead atoms. The lowest BCUT2D eigenvalue weighted by Crippen LogP contribution is -2.26. The molecule has 0 amide bonds. The maximum Gasteiger partial charge on any atom is 0.117 e. The number of hydrogen-bond acceptors (Lipinski definition) is 1. The molecular weight excluding hydrogens is 192 g/mol.